The molecule has 0 saturated carbocycles. The van der Waals surface area contributed by atoms with Gasteiger partial charge in [-0.15, -0.1) is 11.3 Å². The van der Waals surface area contributed by atoms with Crippen LogP contribution in [-0.2, 0) is 6.54 Å². The van der Waals surface area contributed by atoms with Crippen LogP contribution in [0.15, 0.2) is 29.1 Å². The molecule has 1 aromatic carbocycles. The lowest BCUT2D eigenvalue weighted by molar-refractivity contribution is 0.404. The molecule has 108 valence electrons. The fraction of sp³-hybridized carbons (Fsp3) is 0.400. The Hall–Kier alpha value is -1.59. The number of aromatic nitrogens is 1. The quantitative estimate of drug-likeness (QED) is 0.887. The van der Waals surface area contributed by atoms with E-state index in [2.05, 4.69) is 40.6 Å². The summed E-state index contributed by atoms with van der Waals surface area (Å²) in [5, 5.41) is 5.37. The second-order valence-electron chi connectivity index (χ2n) is 4.74. The van der Waals surface area contributed by atoms with Crippen molar-refractivity contribution in [3.05, 3.63) is 40.3 Å². The first-order valence-electron chi connectivity index (χ1n) is 6.59. The van der Waals surface area contributed by atoms with Gasteiger partial charge >= 0.3 is 0 Å². The van der Waals surface area contributed by atoms with Gasteiger partial charge in [-0.2, -0.15) is 0 Å². The van der Waals surface area contributed by atoms with E-state index in [4.69, 9.17) is 4.74 Å². The van der Waals surface area contributed by atoms with E-state index in [1.54, 1.807) is 18.4 Å². The van der Waals surface area contributed by atoms with Crippen LogP contribution in [0.2, 0.25) is 0 Å². The lowest BCUT2D eigenvalue weighted by atomic mass is 10.0. The molecule has 0 radical (unpaired) electrons. The Kier molecular flexibility index (Phi) is 4.98. The van der Waals surface area contributed by atoms with Gasteiger partial charge < -0.3 is 15.0 Å². The fourth-order valence-corrected chi connectivity index (χ4v) is 2.82. The molecule has 0 aliphatic heterocycles. The van der Waals surface area contributed by atoms with Crippen LogP contribution in [0.1, 0.15) is 24.2 Å². The predicted molar refractivity (Wildman–Crippen MR) is 84.7 cm³/mol. The van der Waals surface area contributed by atoms with Crippen molar-refractivity contribution >= 4 is 17.0 Å². The second-order valence-corrected chi connectivity index (χ2v) is 5.46. The summed E-state index contributed by atoms with van der Waals surface area (Å²) in [6.07, 6.45) is 0. The average molecular weight is 291 g/mol. The van der Waals surface area contributed by atoms with Gasteiger partial charge in [0.05, 0.1) is 24.9 Å². The van der Waals surface area contributed by atoms with Gasteiger partial charge in [0, 0.05) is 29.7 Å². The maximum absolute atomic E-state index is 5.51. The minimum absolute atomic E-state index is 0.221. The lowest BCUT2D eigenvalue weighted by Gasteiger charge is -2.26. The number of benzene rings is 1. The van der Waals surface area contributed by atoms with E-state index in [9.17, 15) is 0 Å². The Morgan fingerprint density at radius 2 is 2.25 bits per heavy atom. The van der Waals surface area contributed by atoms with Crippen LogP contribution in [0.5, 0.6) is 5.75 Å². The molecule has 0 spiro atoms. The first-order chi connectivity index (χ1) is 9.67. The van der Waals surface area contributed by atoms with Gasteiger partial charge in [0.25, 0.3) is 0 Å². The van der Waals surface area contributed by atoms with Gasteiger partial charge in [0.1, 0.15) is 5.75 Å². The van der Waals surface area contributed by atoms with Crippen molar-refractivity contribution in [3.63, 3.8) is 0 Å². The van der Waals surface area contributed by atoms with Crippen LogP contribution in [0.25, 0.3) is 0 Å². The Balaban J connectivity index is 2.34. The number of hydrogen-bond donors (Lipinski definition) is 1. The lowest BCUT2D eigenvalue weighted by Crippen LogP contribution is -2.22. The Morgan fingerprint density at radius 3 is 2.85 bits per heavy atom. The third-order valence-corrected chi connectivity index (χ3v) is 4.06. The summed E-state index contributed by atoms with van der Waals surface area (Å²) < 4.78 is 5.51. The molecule has 1 heterocycles. The minimum Gasteiger partial charge on any atom is -0.496 e. The monoisotopic (exact) mass is 291 g/mol. The van der Waals surface area contributed by atoms with Crippen molar-refractivity contribution in [1.82, 2.24) is 10.3 Å². The van der Waals surface area contributed by atoms with Crippen molar-refractivity contribution in [3.8, 4) is 5.75 Å². The molecule has 0 bridgehead atoms. The number of nitrogens with one attached hydrogen (secondary N) is 1. The molecule has 1 unspecified atom stereocenters. The molecule has 20 heavy (non-hydrogen) atoms. The number of hydrogen-bond acceptors (Lipinski definition) is 5. The number of methoxy groups -OCH3 is 1. The molecule has 5 heteroatoms. The second kappa shape index (κ2) is 6.72. The Labute approximate surface area is 124 Å². The maximum atomic E-state index is 5.51. The molecule has 2 rings (SSSR count). The van der Waals surface area contributed by atoms with Crippen molar-refractivity contribution in [2.75, 3.05) is 26.1 Å². The molecule has 1 atom stereocenters. The minimum atomic E-state index is 0.221. The Bertz CT molecular complexity index is 542. The summed E-state index contributed by atoms with van der Waals surface area (Å²) in [7, 11) is 5.76. The summed E-state index contributed by atoms with van der Waals surface area (Å²) in [5.74, 6) is 0.912. The van der Waals surface area contributed by atoms with E-state index in [1.807, 2.05) is 24.7 Å². The number of rotatable bonds is 6. The average Bonchev–Trinajstić information content (AvgIpc) is 2.98. The molecule has 0 saturated heterocycles. The van der Waals surface area contributed by atoms with Crippen LogP contribution in [0, 0.1) is 0 Å². The third kappa shape index (κ3) is 3.11. The first-order valence-corrected chi connectivity index (χ1v) is 7.54. The summed E-state index contributed by atoms with van der Waals surface area (Å²) in [5.41, 5.74) is 5.30. The number of anilines is 1. The molecule has 1 aromatic heterocycles. The van der Waals surface area contributed by atoms with Crippen LogP contribution >= 0.6 is 11.3 Å². The largest absolute Gasteiger partial charge is 0.496 e. The van der Waals surface area contributed by atoms with E-state index >= 15 is 0 Å². The molecular formula is C15H21N3OS. The highest BCUT2D eigenvalue weighted by molar-refractivity contribution is 7.07. The molecule has 1 N–H and O–H groups in total. The topological polar surface area (TPSA) is 37.4 Å². The fourth-order valence-electron chi connectivity index (χ4n) is 2.27. The molecule has 0 aliphatic rings. The number of ether oxygens (including phenoxy) is 1. The van der Waals surface area contributed by atoms with E-state index in [-0.39, 0.29) is 6.04 Å². The van der Waals surface area contributed by atoms with Gasteiger partial charge in [-0.05, 0) is 26.1 Å². The standard InChI is InChI=1S/C15H21N3OS/c1-11(16-2)15-13(6-5-7-14(15)19-4)18(3)8-12-9-20-10-17-12/h5-7,9-11,16H,8H2,1-4H3. The van der Waals surface area contributed by atoms with E-state index < -0.39 is 0 Å². The molecule has 0 aliphatic carbocycles. The van der Waals surface area contributed by atoms with Crippen molar-refractivity contribution in [2.45, 2.75) is 19.5 Å². The van der Waals surface area contributed by atoms with Gasteiger partial charge in [-0.3, -0.25) is 0 Å². The van der Waals surface area contributed by atoms with E-state index in [0.29, 0.717) is 0 Å². The van der Waals surface area contributed by atoms with Crippen molar-refractivity contribution < 1.29 is 4.74 Å². The van der Waals surface area contributed by atoms with Crippen LogP contribution in [0.3, 0.4) is 0 Å². The van der Waals surface area contributed by atoms with Gasteiger partial charge in [-0.25, -0.2) is 4.98 Å². The zero-order chi connectivity index (χ0) is 14.5. The summed E-state index contributed by atoms with van der Waals surface area (Å²) in [6.45, 7) is 2.93. The summed E-state index contributed by atoms with van der Waals surface area (Å²) >= 11 is 1.62. The van der Waals surface area contributed by atoms with Crippen LogP contribution in [0.4, 0.5) is 5.69 Å². The Morgan fingerprint density at radius 1 is 1.45 bits per heavy atom. The van der Waals surface area contributed by atoms with Crippen molar-refractivity contribution in [1.29, 1.82) is 0 Å². The number of thiazole rings is 1. The first kappa shape index (κ1) is 14.8. The molecule has 0 amide bonds. The molecule has 0 fully saturated rings. The van der Waals surface area contributed by atoms with Gasteiger partial charge in [-0.1, -0.05) is 6.07 Å². The molecule has 2 aromatic rings. The zero-order valence-electron chi connectivity index (χ0n) is 12.4. The smallest absolute Gasteiger partial charge is 0.125 e. The normalized spacial score (nSPS) is 12.2. The van der Waals surface area contributed by atoms with Gasteiger partial charge in [0.2, 0.25) is 0 Å². The predicted octanol–water partition coefficient (Wildman–Crippen LogP) is 3.07. The third-order valence-electron chi connectivity index (χ3n) is 3.42. The highest BCUT2D eigenvalue weighted by Crippen LogP contribution is 2.34. The van der Waals surface area contributed by atoms with Crippen LogP contribution < -0.4 is 15.0 Å². The van der Waals surface area contributed by atoms with Crippen LogP contribution in [-0.4, -0.2) is 26.2 Å². The van der Waals surface area contributed by atoms with Gasteiger partial charge in [0.15, 0.2) is 0 Å². The van der Waals surface area contributed by atoms with E-state index in [1.165, 1.54) is 11.3 Å². The number of nitrogens with zero attached hydrogens (tertiary/aromatic N) is 2. The SMILES string of the molecule is CNC(C)c1c(OC)cccc1N(C)Cc1cscn1. The molecule has 4 nitrogen and oxygen atoms in total. The van der Waals surface area contributed by atoms with Crippen molar-refractivity contribution in [2.24, 2.45) is 0 Å². The van der Waals surface area contributed by atoms with E-state index in [0.717, 1.165) is 18.0 Å². The highest BCUT2D eigenvalue weighted by Gasteiger charge is 2.17. The highest BCUT2D eigenvalue weighted by atomic mass is 32.1. The molecular weight excluding hydrogens is 270 g/mol. The zero-order valence-corrected chi connectivity index (χ0v) is 13.2. The summed E-state index contributed by atoms with van der Waals surface area (Å²) in [4.78, 5) is 6.56. The maximum Gasteiger partial charge on any atom is 0.125 e. The summed E-state index contributed by atoms with van der Waals surface area (Å²) in [6, 6.07) is 6.37.